The van der Waals surface area contributed by atoms with Gasteiger partial charge in [-0.1, -0.05) is 19.1 Å². The van der Waals surface area contributed by atoms with E-state index in [1.807, 2.05) is 0 Å². The summed E-state index contributed by atoms with van der Waals surface area (Å²) in [6.07, 6.45) is -0.382. The zero-order chi connectivity index (χ0) is 13.9. The number of ether oxygens (including phenoxy) is 2. The summed E-state index contributed by atoms with van der Waals surface area (Å²) in [7, 11) is 0. The van der Waals surface area contributed by atoms with Crippen molar-refractivity contribution in [2.45, 2.75) is 51.2 Å². The molecule has 0 amide bonds. The van der Waals surface area contributed by atoms with Crippen molar-refractivity contribution in [3.8, 4) is 5.75 Å². The molecule has 0 aliphatic carbocycles. The van der Waals surface area contributed by atoms with Crippen LogP contribution in [0.25, 0.3) is 0 Å². The molecule has 19 heavy (non-hydrogen) atoms. The van der Waals surface area contributed by atoms with Crippen molar-refractivity contribution in [2.24, 2.45) is 0 Å². The number of alkyl halides is 3. The van der Waals surface area contributed by atoms with E-state index in [0.29, 0.717) is 0 Å². The standard InChI is InChI=1S/C14H17F3O2/c1-2-11-4-3-5-13(18-11)10-6-8-12(9-7-10)19-14(15,16)17/h6-9,11,13H,2-5H2,1H3. The first-order valence-electron chi connectivity index (χ1n) is 6.49. The zero-order valence-corrected chi connectivity index (χ0v) is 10.7. The van der Waals surface area contributed by atoms with Gasteiger partial charge in [-0.25, -0.2) is 0 Å². The molecule has 1 saturated heterocycles. The smallest absolute Gasteiger partial charge is 0.406 e. The van der Waals surface area contributed by atoms with Crippen LogP contribution in [0, 0.1) is 0 Å². The van der Waals surface area contributed by atoms with Crippen molar-refractivity contribution in [2.75, 3.05) is 0 Å². The highest BCUT2D eigenvalue weighted by atomic mass is 19.4. The van der Waals surface area contributed by atoms with E-state index in [9.17, 15) is 13.2 Å². The summed E-state index contributed by atoms with van der Waals surface area (Å²) in [5.41, 5.74) is 0.910. The minimum absolute atomic E-state index is 0.0152. The first-order chi connectivity index (χ1) is 8.98. The van der Waals surface area contributed by atoms with E-state index in [0.717, 1.165) is 31.2 Å². The summed E-state index contributed by atoms with van der Waals surface area (Å²) in [4.78, 5) is 0. The largest absolute Gasteiger partial charge is 0.573 e. The molecule has 1 aromatic rings. The monoisotopic (exact) mass is 274 g/mol. The lowest BCUT2D eigenvalue weighted by Gasteiger charge is -2.29. The molecule has 0 bridgehead atoms. The Bertz CT molecular complexity index is 400. The van der Waals surface area contributed by atoms with Crippen LogP contribution in [-0.2, 0) is 4.74 Å². The highest BCUT2D eigenvalue weighted by molar-refractivity contribution is 5.29. The molecular formula is C14H17F3O2. The molecule has 0 radical (unpaired) electrons. The summed E-state index contributed by atoms with van der Waals surface area (Å²) in [5.74, 6) is -0.195. The van der Waals surface area contributed by atoms with Gasteiger partial charge < -0.3 is 9.47 Å². The van der Waals surface area contributed by atoms with Crippen LogP contribution < -0.4 is 4.74 Å². The van der Waals surface area contributed by atoms with Crippen LogP contribution in [-0.4, -0.2) is 12.5 Å². The fraction of sp³-hybridized carbons (Fsp3) is 0.571. The number of hydrogen-bond donors (Lipinski definition) is 0. The van der Waals surface area contributed by atoms with Crippen LogP contribution in [0.3, 0.4) is 0 Å². The van der Waals surface area contributed by atoms with E-state index in [1.165, 1.54) is 12.1 Å². The van der Waals surface area contributed by atoms with E-state index >= 15 is 0 Å². The van der Waals surface area contributed by atoms with E-state index in [1.54, 1.807) is 12.1 Å². The Kier molecular flexibility index (Phi) is 4.34. The topological polar surface area (TPSA) is 18.5 Å². The molecule has 5 heteroatoms. The Hall–Kier alpha value is -1.23. The van der Waals surface area contributed by atoms with E-state index in [4.69, 9.17) is 4.74 Å². The van der Waals surface area contributed by atoms with Crippen molar-refractivity contribution in [3.63, 3.8) is 0 Å². The van der Waals surface area contributed by atoms with Gasteiger partial charge in [0.25, 0.3) is 0 Å². The van der Waals surface area contributed by atoms with Crippen LogP contribution in [0.15, 0.2) is 24.3 Å². The maximum Gasteiger partial charge on any atom is 0.573 e. The minimum Gasteiger partial charge on any atom is -0.406 e. The molecule has 1 aliphatic heterocycles. The maximum absolute atomic E-state index is 12.0. The molecule has 0 saturated carbocycles. The minimum atomic E-state index is -4.64. The first-order valence-corrected chi connectivity index (χ1v) is 6.49. The third kappa shape index (κ3) is 4.13. The molecule has 2 atom stereocenters. The van der Waals surface area contributed by atoms with Gasteiger partial charge in [0.05, 0.1) is 12.2 Å². The van der Waals surface area contributed by atoms with Gasteiger partial charge in [0.2, 0.25) is 0 Å². The van der Waals surface area contributed by atoms with Crippen LogP contribution in [0.4, 0.5) is 13.2 Å². The average Bonchev–Trinajstić information content (AvgIpc) is 2.38. The van der Waals surface area contributed by atoms with Gasteiger partial charge >= 0.3 is 6.36 Å². The Balaban J connectivity index is 2.01. The second-order valence-electron chi connectivity index (χ2n) is 4.70. The zero-order valence-electron chi connectivity index (χ0n) is 10.7. The van der Waals surface area contributed by atoms with Crippen molar-refractivity contribution in [1.82, 2.24) is 0 Å². The molecule has 1 aromatic carbocycles. The lowest BCUT2D eigenvalue weighted by Crippen LogP contribution is -2.21. The molecule has 0 aromatic heterocycles. The lowest BCUT2D eigenvalue weighted by molar-refractivity contribution is -0.274. The second kappa shape index (κ2) is 5.82. The molecule has 2 unspecified atom stereocenters. The first kappa shape index (κ1) is 14.2. The van der Waals surface area contributed by atoms with Gasteiger partial charge in [0, 0.05) is 0 Å². The molecule has 0 spiro atoms. The fourth-order valence-electron chi connectivity index (χ4n) is 2.33. The number of benzene rings is 1. The van der Waals surface area contributed by atoms with Crippen molar-refractivity contribution >= 4 is 0 Å². The molecule has 106 valence electrons. The normalized spacial score (nSPS) is 24.2. The van der Waals surface area contributed by atoms with Crippen LogP contribution >= 0.6 is 0 Å². The SMILES string of the molecule is CCC1CCCC(c2ccc(OC(F)(F)F)cc2)O1. The summed E-state index contributed by atoms with van der Waals surface area (Å²) in [6.45, 7) is 2.08. The summed E-state index contributed by atoms with van der Waals surface area (Å²) < 4.78 is 45.9. The Labute approximate surface area is 110 Å². The van der Waals surface area contributed by atoms with Gasteiger partial charge in [-0.05, 0) is 43.4 Å². The Morgan fingerprint density at radius 1 is 1.21 bits per heavy atom. The third-order valence-electron chi connectivity index (χ3n) is 3.29. The average molecular weight is 274 g/mol. The second-order valence-corrected chi connectivity index (χ2v) is 4.70. The fourth-order valence-corrected chi connectivity index (χ4v) is 2.33. The van der Waals surface area contributed by atoms with E-state index < -0.39 is 6.36 Å². The highest BCUT2D eigenvalue weighted by Crippen LogP contribution is 2.33. The van der Waals surface area contributed by atoms with Gasteiger partial charge in [-0.3, -0.25) is 0 Å². The number of hydrogen-bond acceptors (Lipinski definition) is 2. The molecule has 2 nitrogen and oxygen atoms in total. The molecule has 1 aliphatic rings. The van der Waals surface area contributed by atoms with Crippen LogP contribution in [0.5, 0.6) is 5.75 Å². The lowest BCUT2D eigenvalue weighted by atomic mass is 9.97. The van der Waals surface area contributed by atoms with Gasteiger partial charge in [-0.2, -0.15) is 0 Å². The molecule has 1 fully saturated rings. The van der Waals surface area contributed by atoms with Crippen LogP contribution in [0.2, 0.25) is 0 Å². The van der Waals surface area contributed by atoms with Gasteiger partial charge in [0.1, 0.15) is 5.75 Å². The maximum atomic E-state index is 12.0. The van der Waals surface area contributed by atoms with Gasteiger partial charge in [0.15, 0.2) is 0 Å². The van der Waals surface area contributed by atoms with Crippen molar-refractivity contribution < 1.29 is 22.6 Å². The molecule has 1 heterocycles. The number of halogens is 3. The summed E-state index contributed by atoms with van der Waals surface area (Å²) in [5, 5.41) is 0. The molecular weight excluding hydrogens is 257 g/mol. The quantitative estimate of drug-likeness (QED) is 0.801. The van der Waals surface area contributed by atoms with Crippen molar-refractivity contribution in [1.29, 1.82) is 0 Å². The molecule has 2 rings (SSSR count). The van der Waals surface area contributed by atoms with E-state index in [2.05, 4.69) is 11.7 Å². The van der Waals surface area contributed by atoms with Crippen molar-refractivity contribution in [3.05, 3.63) is 29.8 Å². The Morgan fingerprint density at radius 2 is 1.89 bits per heavy atom. The summed E-state index contributed by atoms with van der Waals surface area (Å²) in [6, 6.07) is 5.96. The summed E-state index contributed by atoms with van der Waals surface area (Å²) >= 11 is 0. The predicted molar refractivity (Wildman–Crippen MR) is 64.9 cm³/mol. The number of rotatable bonds is 3. The Morgan fingerprint density at radius 3 is 2.47 bits per heavy atom. The van der Waals surface area contributed by atoms with Crippen LogP contribution in [0.1, 0.15) is 44.3 Å². The highest BCUT2D eigenvalue weighted by Gasteiger charge is 2.31. The molecule has 0 N–H and O–H groups in total. The third-order valence-corrected chi connectivity index (χ3v) is 3.29. The predicted octanol–water partition coefficient (Wildman–Crippen LogP) is 4.61. The van der Waals surface area contributed by atoms with Gasteiger partial charge in [-0.15, -0.1) is 13.2 Å². The van der Waals surface area contributed by atoms with E-state index in [-0.39, 0.29) is 18.0 Å².